The van der Waals surface area contributed by atoms with Gasteiger partial charge in [-0.1, -0.05) is 13.8 Å². The lowest BCUT2D eigenvalue weighted by atomic mass is 10.1. The van der Waals surface area contributed by atoms with Gasteiger partial charge in [0.25, 0.3) is 0 Å². The van der Waals surface area contributed by atoms with Crippen molar-refractivity contribution < 1.29 is 4.79 Å². The van der Waals surface area contributed by atoms with E-state index < -0.39 is 0 Å². The van der Waals surface area contributed by atoms with Crippen LogP contribution in [0.1, 0.15) is 40.5 Å². The highest BCUT2D eigenvalue weighted by Gasteiger charge is 2.20. The predicted molar refractivity (Wildman–Crippen MR) is 60.0 cm³/mol. The largest absolute Gasteiger partial charge is 0.340 e. The summed E-state index contributed by atoms with van der Waals surface area (Å²) < 4.78 is 0. The molecule has 0 rings (SSSR count). The Morgan fingerprint density at radius 2 is 1.93 bits per heavy atom. The van der Waals surface area contributed by atoms with Crippen molar-refractivity contribution in [1.82, 2.24) is 4.90 Å². The standard InChI is InChI=1S/C11H24N2O/c1-5-10(4)11(14)13(9(2)3)8-6-7-12/h9-10H,5-8,12H2,1-4H3. The normalized spacial score (nSPS) is 13.0. The molecule has 0 saturated carbocycles. The molecule has 1 atom stereocenters. The third kappa shape index (κ3) is 4.09. The number of rotatable bonds is 6. The Balaban J connectivity index is 4.25. The SMILES string of the molecule is CCC(C)C(=O)N(CCCN)C(C)C. The highest BCUT2D eigenvalue weighted by molar-refractivity contribution is 5.78. The molecule has 2 N–H and O–H groups in total. The van der Waals surface area contributed by atoms with Crippen molar-refractivity contribution in [2.24, 2.45) is 11.7 Å². The molecule has 3 nitrogen and oxygen atoms in total. The van der Waals surface area contributed by atoms with E-state index in [4.69, 9.17) is 5.73 Å². The minimum absolute atomic E-state index is 0.134. The minimum Gasteiger partial charge on any atom is -0.340 e. The van der Waals surface area contributed by atoms with E-state index in [0.29, 0.717) is 6.54 Å². The van der Waals surface area contributed by atoms with Crippen LogP contribution in [0.4, 0.5) is 0 Å². The van der Waals surface area contributed by atoms with Crippen molar-refractivity contribution in [2.75, 3.05) is 13.1 Å². The Morgan fingerprint density at radius 3 is 2.29 bits per heavy atom. The van der Waals surface area contributed by atoms with E-state index in [1.165, 1.54) is 0 Å². The summed E-state index contributed by atoms with van der Waals surface area (Å²) in [5.41, 5.74) is 5.45. The second kappa shape index (κ2) is 6.82. The fraction of sp³-hybridized carbons (Fsp3) is 0.909. The zero-order valence-corrected chi connectivity index (χ0v) is 9.92. The molecule has 0 aromatic rings. The maximum atomic E-state index is 11.9. The molecular formula is C11H24N2O. The number of nitrogens with zero attached hydrogens (tertiary/aromatic N) is 1. The van der Waals surface area contributed by atoms with Crippen LogP contribution >= 0.6 is 0 Å². The third-order valence-electron chi connectivity index (χ3n) is 2.54. The summed E-state index contributed by atoms with van der Waals surface area (Å²) in [6.07, 6.45) is 1.80. The summed E-state index contributed by atoms with van der Waals surface area (Å²) in [5.74, 6) is 0.395. The van der Waals surface area contributed by atoms with Gasteiger partial charge in [0.2, 0.25) is 5.91 Å². The van der Waals surface area contributed by atoms with Gasteiger partial charge < -0.3 is 10.6 Å². The van der Waals surface area contributed by atoms with Gasteiger partial charge >= 0.3 is 0 Å². The number of hydrogen-bond acceptors (Lipinski definition) is 2. The van der Waals surface area contributed by atoms with Crippen LogP contribution in [0.15, 0.2) is 0 Å². The number of hydrogen-bond donors (Lipinski definition) is 1. The van der Waals surface area contributed by atoms with Gasteiger partial charge in [0.15, 0.2) is 0 Å². The molecule has 3 heteroatoms. The van der Waals surface area contributed by atoms with E-state index in [9.17, 15) is 4.79 Å². The van der Waals surface area contributed by atoms with Gasteiger partial charge in [-0.15, -0.1) is 0 Å². The maximum Gasteiger partial charge on any atom is 0.225 e. The summed E-state index contributed by atoms with van der Waals surface area (Å²) in [6.45, 7) is 9.58. The Bertz CT molecular complexity index is 169. The van der Waals surface area contributed by atoms with Gasteiger partial charge in [0.05, 0.1) is 0 Å². The minimum atomic E-state index is 0.134. The predicted octanol–water partition coefficient (Wildman–Crippen LogP) is 1.62. The topological polar surface area (TPSA) is 46.3 Å². The molecule has 0 spiro atoms. The first kappa shape index (κ1) is 13.4. The fourth-order valence-corrected chi connectivity index (χ4v) is 1.34. The molecule has 0 aliphatic heterocycles. The maximum absolute atomic E-state index is 11.9. The summed E-state index contributed by atoms with van der Waals surface area (Å²) in [6, 6.07) is 0.281. The average Bonchev–Trinajstić information content (AvgIpc) is 2.16. The lowest BCUT2D eigenvalue weighted by molar-refractivity contribution is -0.136. The highest BCUT2D eigenvalue weighted by atomic mass is 16.2. The first-order valence-corrected chi connectivity index (χ1v) is 5.55. The van der Waals surface area contributed by atoms with Gasteiger partial charge in [-0.2, -0.15) is 0 Å². The molecule has 0 aliphatic rings. The van der Waals surface area contributed by atoms with Crippen molar-refractivity contribution >= 4 is 5.91 Å². The molecule has 1 unspecified atom stereocenters. The molecule has 0 fully saturated rings. The van der Waals surface area contributed by atoms with E-state index in [-0.39, 0.29) is 17.9 Å². The highest BCUT2D eigenvalue weighted by Crippen LogP contribution is 2.10. The quantitative estimate of drug-likeness (QED) is 0.708. The van der Waals surface area contributed by atoms with Crippen LogP contribution < -0.4 is 5.73 Å². The van der Waals surface area contributed by atoms with E-state index in [0.717, 1.165) is 19.4 Å². The second-order valence-electron chi connectivity index (χ2n) is 4.08. The Kier molecular flexibility index (Phi) is 6.54. The average molecular weight is 200 g/mol. The molecule has 0 saturated heterocycles. The lowest BCUT2D eigenvalue weighted by Crippen LogP contribution is -2.41. The summed E-state index contributed by atoms with van der Waals surface area (Å²) in [7, 11) is 0. The molecule has 0 radical (unpaired) electrons. The van der Waals surface area contributed by atoms with Gasteiger partial charge in [0, 0.05) is 18.5 Å². The first-order chi connectivity index (χ1) is 6.54. The van der Waals surface area contributed by atoms with Crippen molar-refractivity contribution in [3.8, 4) is 0 Å². The van der Waals surface area contributed by atoms with E-state index in [2.05, 4.69) is 13.8 Å². The molecule has 0 heterocycles. The van der Waals surface area contributed by atoms with E-state index >= 15 is 0 Å². The van der Waals surface area contributed by atoms with Crippen LogP contribution in [0.3, 0.4) is 0 Å². The smallest absolute Gasteiger partial charge is 0.225 e. The van der Waals surface area contributed by atoms with Crippen LogP contribution in [0.25, 0.3) is 0 Å². The molecule has 1 amide bonds. The summed E-state index contributed by atoms with van der Waals surface area (Å²) >= 11 is 0. The zero-order chi connectivity index (χ0) is 11.1. The van der Waals surface area contributed by atoms with E-state index in [1.807, 2.05) is 18.7 Å². The Morgan fingerprint density at radius 1 is 1.36 bits per heavy atom. The Hall–Kier alpha value is -0.570. The van der Waals surface area contributed by atoms with Crippen LogP contribution in [0.2, 0.25) is 0 Å². The van der Waals surface area contributed by atoms with Gasteiger partial charge in [-0.3, -0.25) is 4.79 Å². The summed E-state index contributed by atoms with van der Waals surface area (Å²) in [5, 5.41) is 0. The van der Waals surface area contributed by atoms with Crippen LogP contribution in [-0.2, 0) is 4.79 Å². The number of amides is 1. The molecular weight excluding hydrogens is 176 g/mol. The van der Waals surface area contributed by atoms with Crippen LogP contribution in [-0.4, -0.2) is 29.9 Å². The second-order valence-corrected chi connectivity index (χ2v) is 4.08. The fourth-order valence-electron chi connectivity index (χ4n) is 1.34. The van der Waals surface area contributed by atoms with Gasteiger partial charge in [-0.25, -0.2) is 0 Å². The molecule has 0 aromatic carbocycles. The monoisotopic (exact) mass is 200 g/mol. The Labute approximate surface area is 87.6 Å². The van der Waals surface area contributed by atoms with Crippen molar-refractivity contribution in [3.63, 3.8) is 0 Å². The lowest BCUT2D eigenvalue weighted by Gasteiger charge is -2.29. The summed E-state index contributed by atoms with van der Waals surface area (Å²) in [4.78, 5) is 13.8. The zero-order valence-electron chi connectivity index (χ0n) is 9.92. The van der Waals surface area contributed by atoms with Crippen LogP contribution in [0.5, 0.6) is 0 Å². The van der Waals surface area contributed by atoms with Crippen molar-refractivity contribution in [1.29, 1.82) is 0 Å². The molecule has 0 aromatic heterocycles. The molecule has 0 bridgehead atoms. The molecule has 0 aliphatic carbocycles. The number of carbonyl (C=O) groups is 1. The van der Waals surface area contributed by atoms with E-state index in [1.54, 1.807) is 0 Å². The number of carbonyl (C=O) groups excluding carboxylic acids is 1. The van der Waals surface area contributed by atoms with Crippen molar-refractivity contribution in [2.45, 2.75) is 46.6 Å². The molecule has 14 heavy (non-hydrogen) atoms. The first-order valence-electron chi connectivity index (χ1n) is 5.55. The molecule has 84 valence electrons. The number of nitrogens with two attached hydrogens (primary N) is 1. The van der Waals surface area contributed by atoms with Gasteiger partial charge in [-0.05, 0) is 33.2 Å². The van der Waals surface area contributed by atoms with Gasteiger partial charge in [0.1, 0.15) is 0 Å². The third-order valence-corrected chi connectivity index (χ3v) is 2.54. The van der Waals surface area contributed by atoms with Crippen molar-refractivity contribution in [3.05, 3.63) is 0 Å². The van der Waals surface area contributed by atoms with Crippen LogP contribution in [0, 0.1) is 5.92 Å².